The van der Waals surface area contributed by atoms with E-state index in [1.54, 1.807) is 36.0 Å². The average molecular weight is 268 g/mol. The maximum absolute atomic E-state index is 11.5. The average Bonchev–Trinajstić information content (AvgIpc) is 2.38. The molecule has 0 radical (unpaired) electrons. The molecule has 0 aliphatic carbocycles. The first kappa shape index (κ1) is 14.7. The lowest BCUT2D eigenvalue weighted by Gasteiger charge is -2.10. The van der Waals surface area contributed by atoms with Gasteiger partial charge in [-0.1, -0.05) is 6.92 Å². The Morgan fingerprint density at radius 1 is 1.44 bits per heavy atom. The highest BCUT2D eigenvalue weighted by Gasteiger charge is 2.04. The zero-order chi connectivity index (χ0) is 13.4. The lowest BCUT2D eigenvalue weighted by molar-refractivity contribution is -0.123. The molecule has 1 aromatic rings. The van der Waals surface area contributed by atoms with Crippen molar-refractivity contribution in [1.82, 2.24) is 5.32 Å². The van der Waals surface area contributed by atoms with E-state index in [9.17, 15) is 4.79 Å². The minimum absolute atomic E-state index is 0.0393. The molecule has 0 heterocycles. The maximum atomic E-state index is 11.5. The number of carbonyl (C=O) groups is 1. The monoisotopic (exact) mass is 268 g/mol. The van der Waals surface area contributed by atoms with E-state index in [1.807, 2.05) is 0 Å². The molecule has 3 N–H and O–H groups in total. The second-order valence-corrected chi connectivity index (χ2v) is 5.32. The first-order valence-corrected chi connectivity index (χ1v) is 7.18. The van der Waals surface area contributed by atoms with E-state index < -0.39 is 0 Å². The van der Waals surface area contributed by atoms with Crippen molar-refractivity contribution in [2.24, 2.45) is 0 Å². The van der Waals surface area contributed by atoms with Gasteiger partial charge in [0.1, 0.15) is 5.75 Å². The molecule has 1 amide bonds. The summed E-state index contributed by atoms with van der Waals surface area (Å²) in [5, 5.41) is 3.39. The molecule has 0 saturated carbocycles. The Morgan fingerprint density at radius 3 is 2.72 bits per heavy atom. The molecule has 18 heavy (non-hydrogen) atoms. The van der Waals surface area contributed by atoms with E-state index in [2.05, 4.69) is 18.5 Å². The van der Waals surface area contributed by atoms with Crippen LogP contribution in [0.3, 0.4) is 0 Å². The summed E-state index contributed by atoms with van der Waals surface area (Å²) in [6.07, 6.45) is 3.03. The van der Waals surface area contributed by atoms with Crippen LogP contribution in [0.1, 0.15) is 13.3 Å². The Balaban J connectivity index is 2.19. The van der Waals surface area contributed by atoms with Gasteiger partial charge in [0.15, 0.2) is 6.61 Å². The van der Waals surface area contributed by atoms with Gasteiger partial charge in [0, 0.05) is 17.5 Å². The third-order valence-electron chi connectivity index (χ3n) is 2.53. The van der Waals surface area contributed by atoms with Gasteiger partial charge in [-0.05, 0) is 36.9 Å². The largest absolute Gasteiger partial charge is 0.484 e. The zero-order valence-electron chi connectivity index (χ0n) is 10.8. The Hall–Kier alpha value is -1.36. The third-order valence-corrected chi connectivity index (χ3v) is 3.57. The highest BCUT2D eigenvalue weighted by atomic mass is 32.2. The van der Waals surface area contributed by atoms with Crippen molar-refractivity contribution in [3.63, 3.8) is 0 Å². The van der Waals surface area contributed by atoms with E-state index in [0.29, 0.717) is 23.2 Å². The highest BCUT2D eigenvalue weighted by Crippen LogP contribution is 2.12. The molecule has 0 fully saturated rings. The second-order valence-electron chi connectivity index (χ2n) is 4.04. The summed E-state index contributed by atoms with van der Waals surface area (Å²) in [6.45, 7) is 2.87. The van der Waals surface area contributed by atoms with E-state index in [0.717, 1.165) is 6.42 Å². The number of anilines is 1. The number of benzene rings is 1. The minimum Gasteiger partial charge on any atom is -0.484 e. The predicted octanol–water partition coefficient (Wildman–Crippen LogP) is 1.91. The topological polar surface area (TPSA) is 64.3 Å². The summed E-state index contributed by atoms with van der Waals surface area (Å²) in [7, 11) is 0. The van der Waals surface area contributed by atoms with E-state index in [4.69, 9.17) is 10.5 Å². The number of carbonyl (C=O) groups excluding carboxylic acids is 1. The number of hydrogen-bond acceptors (Lipinski definition) is 4. The number of thioether (sulfide) groups is 1. The van der Waals surface area contributed by atoms with Gasteiger partial charge in [0.05, 0.1) is 0 Å². The lowest BCUT2D eigenvalue weighted by Crippen LogP contribution is -2.30. The van der Waals surface area contributed by atoms with E-state index in [1.165, 1.54) is 0 Å². The van der Waals surface area contributed by atoms with Crippen LogP contribution in [0.25, 0.3) is 0 Å². The molecule has 1 unspecified atom stereocenters. The van der Waals surface area contributed by atoms with Gasteiger partial charge < -0.3 is 15.8 Å². The maximum Gasteiger partial charge on any atom is 0.257 e. The first-order chi connectivity index (χ1) is 8.61. The molecule has 5 heteroatoms. The quantitative estimate of drug-likeness (QED) is 0.741. The Labute approximate surface area is 112 Å². The summed E-state index contributed by atoms with van der Waals surface area (Å²) < 4.78 is 5.33. The van der Waals surface area contributed by atoms with Gasteiger partial charge >= 0.3 is 0 Å². The highest BCUT2D eigenvalue weighted by molar-refractivity contribution is 7.99. The van der Waals surface area contributed by atoms with Crippen LogP contribution in [0.15, 0.2) is 24.3 Å². The molecule has 4 nitrogen and oxygen atoms in total. The number of rotatable bonds is 7. The molecule has 1 aromatic carbocycles. The van der Waals surface area contributed by atoms with Crippen LogP contribution in [-0.2, 0) is 4.79 Å². The van der Waals surface area contributed by atoms with Crippen molar-refractivity contribution in [3.8, 4) is 5.75 Å². The molecule has 0 bridgehead atoms. The van der Waals surface area contributed by atoms with Crippen LogP contribution in [0, 0.1) is 0 Å². The van der Waals surface area contributed by atoms with Crippen molar-refractivity contribution in [2.45, 2.75) is 18.6 Å². The molecule has 0 saturated heterocycles. The number of nitrogen functional groups attached to an aromatic ring is 1. The van der Waals surface area contributed by atoms with Crippen molar-refractivity contribution in [3.05, 3.63) is 24.3 Å². The molecular formula is C13H20N2O2S. The third kappa shape index (κ3) is 5.82. The molecule has 1 rings (SSSR count). The van der Waals surface area contributed by atoms with Crippen LogP contribution >= 0.6 is 11.8 Å². The molecule has 1 atom stereocenters. The molecule has 0 spiro atoms. The summed E-state index contributed by atoms with van der Waals surface area (Å²) in [5.74, 6) is 0.553. The van der Waals surface area contributed by atoms with E-state index >= 15 is 0 Å². The van der Waals surface area contributed by atoms with Gasteiger partial charge in [0.25, 0.3) is 5.91 Å². The summed E-state index contributed by atoms with van der Waals surface area (Å²) in [5.41, 5.74) is 6.23. The first-order valence-electron chi connectivity index (χ1n) is 5.89. The van der Waals surface area contributed by atoms with Gasteiger partial charge in [-0.15, -0.1) is 0 Å². The summed E-state index contributed by atoms with van der Waals surface area (Å²) >= 11 is 1.79. The normalized spacial score (nSPS) is 11.9. The van der Waals surface area contributed by atoms with Crippen LogP contribution in [0.5, 0.6) is 5.75 Å². The summed E-state index contributed by atoms with van der Waals surface area (Å²) in [6, 6.07) is 6.98. The Bertz CT molecular complexity index is 368. The van der Waals surface area contributed by atoms with E-state index in [-0.39, 0.29) is 12.5 Å². The molecule has 0 aromatic heterocycles. The van der Waals surface area contributed by atoms with Crippen molar-refractivity contribution >= 4 is 23.4 Å². The van der Waals surface area contributed by atoms with Gasteiger partial charge in [-0.25, -0.2) is 0 Å². The van der Waals surface area contributed by atoms with Crippen LogP contribution in [0.4, 0.5) is 5.69 Å². The number of hydrogen-bond donors (Lipinski definition) is 2. The number of ether oxygens (including phenoxy) is 1. The number of nitrogens with one attached hydrogen (secondary N) is 1. The van der Waals surface area contributed by atoms with Crippen molar-refractivity contribution < 1.29 is 9.53 Å². The SMILES string of the molecule is CSC(C)CCNC(=O)COc1ccc(N)cc1. The zero-order valence-corrected chi connectivity index (χ0v) is 11.6. The fourth-order valence-corrected chi connectivity index (χ4v) is 1.65. The summed E-state index contributed by atoms with van der Waals surface area (Å²) in [4.78, 5) is 11.5. The van der Waals surface area contributed by atoms with Crippen molar-refractivity contribution in [1.29, 1.82) is 0 Å². The fraction of sp³-hybridized carbons (Fsp3) is 0.462. The van der Waals surface area contributed by atoms with Gasteiger partial charge in [-0.2, -0.15) is 11.8 Å². The fourth-order valence-electron chi connectivity index (χ4n) is 1.30. The Morgan fingerprint density at radius 2 is 2.11 bits per heavy atom. The minimum atomic E-state index is -0.0971. The number of amides is 1. The predicted molar refractivity (Wildman–Crippen MR) is 77.0 cm³/mol. The second kappa shape index (κ2) is 7.87. The van der Waals surface area contributed by atoms with Crippen LogP contribution in [-0.4, -0.2) is 30.6 Å². The molecule has 100 valence electrons. The van der Waals surface area contributed by atoms with Gasteiger partial charge in [-0.3, -0.25) is 4.79 Å². The van der Waals surface area contributed by atoms with Crippen LogP contribution < -0.4 is 15.8 Å². The smallest absolute Gasteiger partial charge is 0.257 e. The molecule has 0 aliphatic rings. The molecule has 0 aliphatic heterocycles. The standard InChI is InChI=1S/C13H20N2O2S/c1-10(18-2)7-8-15-13(16)9-17-12-5-3-11(14)4-6-12/h3-6,10H,7-9,14H2,1-2H3,(H,15,16). The van der Waals surface area contributed by atoms with Crippen molar-refractivity contribution in [2.75, 3.05) is 25.1 Å². The number of nitrogens with two attached hydrogens (primary N) is 1. The molecular weight excluding hydrogens is 248 g/mol. The van der Waals surface area contributed by atoms with Gasteiger partial charge in [0.2, 0.25) is 0 Å². The Kier molecular flexibility index (Phi) is 6.43. The van der Waals surface area contributed by atoms with Crippen LogP contribution in [0.2, 0.25) is 0 Å². The lowest BCUT2D eigenvalue weighted by atomic mass is 10.3.